The third-order valence-corrected chi connectivity index (χ3v) is 5.50. The molecule has 1 amide bonds. The van der Waals surface area contributed by atoms with Crippen LogP contribution in [-0.2, 0) is 17.8 Å². The number of nitrogens with one attached hydrogen (secondary N) is 1. The standard InChI is InChI=1S/C21H19BrN4OS/c1-2-13-23-19(27)15-28-21-25-24-20(17-8-10-18(22)11-9-17)26(21)14-12-16-6-4-3-5-7-16/h1,3-11H,12-15H2,(H,23,27). The van der Waals surface area contributed by atoms with Crippen LogP contribution in [0.5, 0.6) is 0 Å². The van der Waals surface area contributed by atoms with Crippen molar-refractivity contribution in [2.24, 2.45) is 0 Å². The Kier molecular flexibility index (Phi) is 7.29. The van der Waals surface area contributed by atoms with Crippen LogP contribution in [0.3, 0.4) is 0 Å². The molecule has 0 atom stereocenters. The Labute approximate surface area is 177 Å². The molecule has 3 aromatic rings. The number of halogens is 1. The van der Waals surface area contributed by atoms with Crippen molar-refractivity contribution in [2.75, 3.05) is 12.3 Å². The molecule has 7 heteroatoms. The van der Waals surface area contributed by atoms with Gasteiger partial charge in [0.05, 0.1) is 12.3 Å². The first-order valence-electron chi connectivity index (χ1n) is 8.73. The Hall–Kier alpha value is -2.56. The van der Waals surface area contributed by atoms with Crippen LogP contribution in [0.1, 0.15) is 5.56 Å². The van der Waals surface area contributed by atoms with E-state index in [1.807, 2.05) is 42.5 Å². The zero-order valence-electron chi connectivity index (χ0n) is 15.1. The van der Waals surface area contributed by atoms with Crippen LogP contribution in [0.2, 0.25) is 0 Å². The van der Waals surface area contributed by atoms with E-state index in [0.717, 1.165) is 28.8 Å². The first-order chi connectivity index (χ1) is 13.7. The van der Waals surface area contributed by atoms with Crippen LogP contribution >= 0.6 is 27.7 Å². The Bertz CT molecular complexity index is 964. The SMILES string of the molecule is C#CCNC(=O)CSc1nnc(-c2ccc(Br)cc2)n1CCc1ccccc1. The number of carbonyl (C=O) groups is 1. The van der Waals surface area contributed by atoms with Gasteiger partial charge in [0.15, 0.2) is 11.0 Å². The maximum absolute atomic E-state index is 11.9. The molecular formula is C21H19BrN4OS. The van der Waals surface area contributed by atoms with E-state index in [1.54, 1.807) is 0 Å². The average Bonchev–Trinajstić information content (AvgIpc) is 3.13. The summed E-state index contributed by atoms with van der Waals surface area (Å²) in [5.41, 5.74) is 2.22. The molecule has 1 aromatic heterocycles. The first-order valence-corrected chi connectivity index (χ1v) is 10.5. The van der Waals surface area contributed by atoms with Gasteiger partial charge in [0.25, 0.3) is 0 Å². The fraction of sp³-hybridized carbons (Fsp3) is 0.190. The zero-order chi connectivity index (χ0) is 19.8. The van der Waals surface area contributed by atoms with E-state index in [0.29, 0.717) is 5.16 Å². The fourth-order valence-corrected chi connectivity index (χ4v) is 3.68. The van der Waals surface area contributed by atoms with E-state index in [-0.39, 0.29) is 18.2 Å². The lowest BCUT2D eigenvalue weighted by Crippen LogP contribution is -2.25. The molecule has 0 saturated carbocycles. The highest BCUT2D eigenvalue weighted by Gasteiger charge is 2.15. The van der Waals surface area contributed by atoms with Crippen molar-refractivity contribution in [3.05, 3.63) is 64.6 Å². The van der Waals surface area contributed by atoms with Gasteiger partial charge in [0.2, 0.25) is 5.91 Å². The summed E-state index contributed by atoms with van der Waals surface area (Å²) in [7, 11) is 0. The summed E-state index contributed by atoms with van der Waals surface area (Å²) in [5.74, 6) is 3.31. The van der Waals surface area contributed by atoms with Crippen LogP contribution < -0.4 is 5.32 Å². The van der Waals surface area contributed by atoms with E-state index in [2.05, 4.69) is 54.1 Å². The summed E-state index contributed by atoms with van der Waals surface area (Å²) < 4.78 is 3.07. The quantitative estimate of drug-likeness (QED) is 0.415. The predicted molar refractivity (Wildman–Crippen MR) is 116 cm³/mol. The van der Waals surface area contributed by atoms with Crippen LogP contribution in [-0.4, -0.2) is 33.0 Å². The number of amides is 1. The minimum Gasteiger partial charge on any atom is -0.344 e. The fourth-order valence-electron chi connectivity index (χ4n) is 2.63. The number of aromatic nitrogens is 3. The van der Waals surface area contributed by atoms with Crippen molar-refractivity contribution in [1.29, 1.82) is 0 Å². The number of rotatable bonds is 8. The van der Waals surface area contributed by atoms with E-state index in [1.165, 1.54) is 17.3 Å². The lowest BCUT2D eigenvalue weighted by atomic mass is 10.1. The molecule has 0 bridgehead atoms. The van der Waals surface area contributed by atoms with E-state index in [4.69, 9.17) is 6.42 Å². The molecule has 0 aliphatic heterocycles. The monoisotopic (exact) mass is 454 g/mol. The molecule has 0 spiro atoms. The van der Waals surface area contributed by atoms with Gasteiger partial charge in [0.1, 0.15) is 0 Å². The summed E-state index contributed by atoms with van der Waals surface area (Å²) >= 11 is 4.82. The molecular weight excluding hydrogens is 436 g/mol. The maximum atomic E-state index is 11.9. The second kappa shape index (κ2) is 10.1. The van der Waals surface area contributed by atoms with Gasteiger partial charge >= 0.3 is 0 Å². The summed E-state index contributed by atoms with van der Waals surface area (Å²) in [5, 5.41) is 12.1. The number of hydrogen-bond acceptors (Lipinski definition) is 4. The molecule has 0 unspecified atom stereocenters. The number of carbonyl (C=O) groups excluding carboxylic acids is 1. The molecule has 28 heavy (non-hydrogen) atoms. The smallest absolute Gasteiger partial charge is 0.231 e. The molecule has 5 nitrogen and oxygen atoms in total. The maximum Gasteiger partial charge on any atom is 0.231 e. The third kappa shape index (κ3) is 5.47. The van der Waals surface area contributed by atoms with Crippen molar-refractivity contribution in [3.63, 3.8) is 0 Å². The Balaban J connectivity index is 1.81. The van der Waals surface area contributed by atoms with Gasteiger partial charge in [-0.3, -0.25) is 4.79 Å². The summed E-state index contributed by atoms with van der Waals surface area (Å²) in [6.45, 7) is 0.945. The van der Waals surface area contributed by atoms with Crippen molar-refractivity contribution in [1.82, 2.24) is 20.1 Å². The largest absolute Gasteiger partial charge is 0.344 e. The van der Waals surface area contributed by atoms with Gasteiger partial charge in [-0.05, 0) is 24.1 Å². The number of aryl methyl sites for hydroxylation is 1. The third-order valence-electron chi connectivity index (χ3n) is 4.01. The molecule has 142 valence electrons. The molecule has 1 N–H and O–H groups in total. The highest BCUT2D eigenvalue weighted by molar-refractivity contribution is 9.10. The van der Waals surface area contributed by atoms with E-state index < -0.39 is 0 Å². The number of thioether (sulfide) groups is 1. The highest BCUT2D eigenvalue weighted by atomic mass is 79.9. The van der Waals surface area contributed by atoms with Crippen LogP contribution in [0.4, 0.5) is 0 Å². The molecule has 0 aliphatic rings. The molecule has 3 rings (SSSR count). The normalized spacial score (nSPS) is 10.4. The van der Waals surface area contributed by atoms with Gasteiger partial charge in [-0.25, -0.2) is 0 Å². The first kappa shape index (κ1) is 20.2. The average molecular weight is 455 g/mol. The lowest BCUT2D eigenvalue weighted by molar-refractivity contribution is -0.118. The van der Waals surface area contributed by atoms with Crippen molar-refractivity contribution >= 4 is 33.6 Å². The van der Waals surface area contributed by atoms with E-state index in [9.17, 15) is 4.79 Å². The Morgan fingerprint density at radius 1 is 1.14 bits per heavy atom. The van der Waals surface area contributed by atoms with Gasteiger partial charge in [-0.15, -0.1) is 16.6 Å². The van der Waals surface area contributed by atoms with Gasteiger partial charge in [0, 0.05) is 16.6 Å². The van der Waals surface area contributed by atoms with E-state index >= 15 is 0 Å². The predicted octanol–water partition coefficient (Wildman–Crippen LogP) is 3.79. The molecule has 2 aromatic carbocycles. The van der Waals surface area contributed by atoms with Crippen molar-refractivity contribution in [3.8, 4) is 23.7 Å². The molecule has 0 fully saturated rings. The zero-order valence-corrected chi connectivity index (χ0v) is 17.5. The van der Waals surface area contributed by atoms with Crippen molar-refractivity contribution < 1.29 is 4.79 Å². The lowest BCUT2D eigenvalue weighted by Gasteiger charge is -2.10. The minimum atomic E-state index is -0.120. The second-order valence-electron chi connectivity index (χ2n) is 5.97. The van der Waals surface area contributed by atoms with Crippen LogP contribution in [0.25, 0.3) is 11.4 Å². The minimum absolute atomic E-state index is 0.120. The molecule has 0 aliphatic carbocycles. The molecule has 0 saturated heterocycles. The summed E-state index contributed by atoms with van der Waals surface area (Å²) in [6.07, 6.45) is 6.03. The van der Waals surface area contributed by atoms with Gasteiger partial charge in [-0.2, -0.15) is 0 Å². The topological polar surface area (TPSA) is 59.8 Å². The van der Waals surface area contributed by atoms with Gasteiger partial charge < -0.3 is 9.88 Å². The Morgan fingerprint density at radius 2 is 1.89 bits per heavy atom. The second-order valence-corrected chi connectivity index (χ2v) is 7.83. The number of terminal acetylenes is 1. The number of hydrogen-bond donors (Lipinski definition) is 1. The van der Waals surface area contributed by atoms with Crippen LogP contribution in [0, 0.1) is 12.3 Å². The summed E-state index contributed by atoms with van der Waals surface area (Å²) in [4.78, 5) is 11.9. The van der Waals surface area contributed by atoms with Crippen molar-refractivity contribution in [2.45, 2.75) is 18.1 Å². The van der Waals surface area contributed by atoms with Crippen LogP contribution in [0.15, 0.2) is 64.2 Å². The summed E-state index contributed by atoms with van der Waals surface area (Å²) in [6, 6.07) is 18.2. The Morgan fingerprint density at radius 3 is 2.61 bits per heavy atom. The van der Waals surface area contributed by atoms with Gasteiger partial charge in [-0.1, -0.05) is 76.1 Å². The number of benzene rings is 2. The molecule has 0 radical (unpaired) electrons. The highest BCUT2D eigenvalue weighted by Crippen LogP contribution is 2.25. The molecule has 1 heterocycles. The number of nitrogens with zero attached hydrogens (tertiary/aromatic N) is 3.